The van der Waals surface area contributed by atoms with Crippen molar-refractivity contribution >= 4 is 0 Å². The predicted molar refractivity (Wildman–Crippen MR) is 52.4 cm³/mol. The first-order valence-corrected chi connectivity index (χ1v) is 4.86. The summed E-state index contributed by atoms with van der Waals surface area (Å²) in [6, 6.07) is 3.57. The molecule has 1 atom stereocenters. The van der Waals surface area contributed by atoms with Gasteiger partial charge in [-0.05, 0) is 37.0 Å². The molecule has 4 heteroatoms. The first-order valence-electron chi connectivity index (χ1n) is 4.86. The Morgan fingerprint density at radius 2 is 1.93 bits per heavy atom. The molecule has 0 spiro atoms. The molecule has 1 unspecified atom stereocenters. The molecule has 1 aromatic carbocycles. The van der Waals surface area contributed by atoms with Gasteiger partial charge in [0.25, 0.3) is 0 Å². The third kappa shape index (κ3) is 3.93. The quantitative estimate of drug-likeness (QED) is 0.785. The van der Waals surface area contributed by atoms with Gasteiger partial charge in [0.05, 0.1) is 6.10 Å². The Hall–Kier alpha value is -1.00. The van der Waals surface area contributed by atoms with Gasteiger partial charge in [-0.2, -0.15) is 0 Å². The van der Waals surface area contributed by atoms with Crippen LogP contribution in [0.2, 0.25) is 0 Å². The van der Waals surface area contributed by atoms with Crippen LogP contribution in [0.1, 0.15) is 18.4 Å². The van der Waals surface area contributed by atoms with E-state index in [4.69, 9.17) is 5.11 Å². The molecule has 1 aromatic rings. The van der Waals surface area contributed by atoms with Gasteiger partial charge >= 0.3 is 0 Å². The second kappa shape index (κ2) is 5.78. The molecule has 15 heavy (non-hydrogen) atoms. The Labute approximate surface area is 87.2 Å². The minimum atomic E-state index is -0.901. The van der Waals surface area contributed by atoms with E-state index >= 15 is 0 Å². The summed E-state index contributed by atoms with van der Waals surface area (Å²) in [5.74, 6) is -1.79. The molecule has 2 N–H and O–H groups in total. The van der Waals surface area contributed by atoms with Gasteiger partial charge in [0.15, 0.2) is 11.6 Å². The average molecular weight is 216 g/mol. The van der Waals surface area contributed by atoms with Crippen molar-refractivity contribution in [2.75, 3.05) is 6.61 Å². The molecule has 0 aliphatic heterocycles. The maximum atomic E-state index is 12.8. The largest absolute Gasteiger partial charge is 0.396 e. The topological polar surface area (TPSA) is 40.5 Å². The van der Waals surface area contributed by atoms with Crippen LogP contribution in [-0.4, -0.2) is 22.9 Å². The second-order valence-electron chi connectivity index (χ2n) is 3.47. The van der Waals surface area contributed by atoms with Crippen molar-refractivity contribution in [3.05, 3.63) is 35.4 Å². The Morgan fingerprint density at radius 3 is 2.53 bits per heavy atom. The minimum Gasteiger partial charge on any atom is -0.396 e. The standard InChI is InChI=1S/C11H14F2O2/c12-10-4-3-8(7-11(10)13)6-9(15)2-1-5-14/h3-4,7,9,14-15H,1-2,5-6H2. The molecule has 0 aliphatic rings. The summed E-state index contributed by atoms with van der Waals surface area (Å²) in [6.45, 7) is 0.0227. The molecule has 0 amide bonds. The van der Waals surface area contributed by atoms with Gasteiger partial charge in [-0.3, -0.25) is 0 Å². The number of aliphatic hydroxyl groups excluding tert-OH is 2. The van der Waals surface area contributed by atoms with Gasteiger partial charge in [-0.1, -0.05) is 6.07 Å². The maximum absolute atomic E-state index is 12.8. The van der Waals surface area contributed by atoms with Crippen molar-refractivity contribution in [2.45, 2.75) is 25.4 Å². The normalized spacial score (nSPS) is 12.8. The second-order valence-corrected chi connectivity index (χ2v) is 3.47. The van der Waals surface area contributed by atoms with Crippen LogP contribution in [0, 0.1) is 11.6 Å². The lowest BCUT2D eigenvalue weighted by atomic mass is 10.0. The molecular formula is C11H14F2O2. The van der Waals surface area contributed by atoms with Gasteiger partial charge in [0, 0.05) is 6.61 Å². The van der Waals surface area contributed by atoms with E-state index in [0.717, 1.165) is 12.1 Å². The summed E-state index contributed by atoms with van der Waals surface area (Å²) in [6.07, 6.45) is 0.611. The van der Waals surface area contributed by atoms with Crippen LogP contribution in [0.4, 0.5) is 8.78 Å². The van der Waals surface area contributed by atoms with E-state index in [1.165, 1.54) is 6.07 Å². The Kier molecular flexibility index (Phi) is 4.65. The lowest BCUT2D eigenvalue weighted by Gasteiger charge is -2.09. The van der Waals surface area contributed by atoms with Crippen molar-refractivity contribution in [3.63, 3.8) is 0 Å². The summed E-state index contributed by atoms with van der Waals surface area (Å²) in [5, 5.41) is 18.0. The highest BCUT2D eigenvalue weighted by Gasteiger charge is 2.07. The van der Waals surface area contributed by atoms with Crippen LogP contribution in [0.3, 0.4) is 0 Å². The van der Waals surface area contributed by atoms with Gasteiger partial charge in [0.2, 0.25) is 0 Å². The lowest BCUT2D eigenvalue weighted by Crippen LogP contribution is -2.11. The number of hydrogen-bond acceptors (Lipinski definition) is 2. The van der Waals surface area contributed by atoms with E-state index in [0.29, 0.717) is 18.4 Å². The van der Waals surface area contributed by atoms with Crippen molar-refractivity contribution in [1.82, 2.24) is 0 Å². The lowest BCUT2D eigenvalue weighted by molar-refractivity contribution is 0.150. The van der Waals surface area contributed by atoms with Crippen LogP contribution >= 0.6 is 0 Å². The molecular weight excluding hydrogens is 202 g/mol. The molecule has 0 aromatic heterocycles. The van der Waals surface area contributed by atoms with E-state index in [2.05, 4.69) is 0 Å². The van der Waals surface area contributed by atoms with Crippen LogP contribution in [-0.2, 0) is 6.42 Å². The Morgan fingerprint density at radius 1 is 1.20 bits per heavy atom. The van der Waals surface area contributed by atoms with Crippen molar-refractivity contribution < 1.29 is 19.0 Å². The SMILES string of the molecule is OCCCC(O)Cc1ccc(F)c(F)c1. The Bertz CT molecular complexity index is 315. The van der Waals surface area contributed by atoms with Gasteiger partial charge in [-0.25, -0.2) is 8.78 Å². The van der Waals surface area contributed by atoms with Crippen LogP contribution < -0.4 is 0 Å². The fraction of sp³-hybridized carbons (Fsp3) is 0.455. The van der Waals surface area contributed by atoms with Crippen molar-refractivity contribution in [1.29, 1.82) is 0 Å². The summed E-state index contributed by atoms with van der Waals surface area (Å²) in [4.78, 5) is 0. The first kappa shape index (κ1) is 12.1. The van der Waals surface area contributed by atoms with Crippen molar-refractivity contribution in [2.24, 2.45) is 0 Å². The van der Waals surface area contributed by atoms with Gasteiger partial charge in [-0.15, -0.1) is 0 Å². The number of benzene rings is 1. The molecule has 2 nitrogen and oxygen atoms in total. The van der Waals surface area contributed by atoms with E-state index in [-0.39, 0.29) is 13.0 Å². The zero-order chi connectivity index (χ0) is 11.3. The molecule has 0 aliphatic carbocycles. The number of rotatable bonds is 5. The average Bonchev–Trinajstić information content (AvgIpc) is 2.20. The van der Waals surface area contributed by atoms with Gasteiger partial charge in [0.1, 0.15) is 0 Å². The smallest absolute Gasteiger partial charge is 0.159 e. The fourth-order valence-corrected chi connectivity index (χ4v) is 1.37. The first-order chi connectivity index (χ1) is 7.13. The molecule has 0 radical (unpaired) electrons. The third-order valence-corrected chi connectivity index (χ3v) is 2.15. The van der Waals surface area contributed by atoms with E-state index in [1.54, 1.807) is 0 Å². The highest BCUT2D eigenvalue weighted by atomic mass is 19.2. The zero-order valence-corrected chi connectivity index (χ0v) is 8.29. The monoisotopic (exact) mass is 216 g/mol. The third-order valence-electron chi connectivity index (χ3n) is 2.15. The van der Waals surface area contributed by atoms with Crippen LogP contribution in [0.25, 0.3) is 0 Å². The summed E-state index contributed by atoms with van der Waals surface area (Å²) in [5.41, 5.74) is 0.555. The van der Waals surface area contributed by atoms with Crippen LogP contribution in [0.5, 0.6) is 0 Å². The Balaban J connectivity index is 2.53. The zero-order valence-electron chi connectivity index (χ0n) is 8.29. The maximum Gasteiger partial charge on any atom is 0.159 e. The molecule has 1 rings (SSSR count). The summed E-state index contributed by atoms with van der Waals surface area (Å²) < 4.78 is 25.4. The summed E-state index contributed by atoms with van der Waals surface area (Å²) in [7, 11) is 0. The van der Waals surface area contributed by atoms with E-state index < -0.39 is 17.7 Å². The highest BCUT2D eigenvalue weighted by Crippen LogP contribution is 2.12. The minimum absolute atomic E-state index is 0.0227. The molecule has 0 saturated heterocycles. The molecule has 0 bridgehead atoms. The van der Waals surface area contributed by atoms with E-state index in [1.807, 2.05) is 0 Å². The fourth-order valence-electron chi connectivity index (χ4n) is 1.37. The summed E-state index contributed by atoms with van der Waals surface area (Å²) >= 11 is 0. The predicted octanol–water partition coefficient (Wildman–Crippen LogP) is 1.64. The molecule has 0 fully saturated rings. The number of aliphatic hydroxyl groups is 2. The number of halogens is 2. The van der Waals surface area contributed by atoms with E-state index in [9.17, 15) is 13.9 Å². The van der Waals surface area contributed by atoms with Crippen LogP contribution in [0.15, 0.2) is 18.2 Å². The molecule has 0 saturated carbocycles. The van der Waals surface area contributed by atoms with Gasteiger partial charge < -0.3 is 10.2 Å². The number of hydrogen-bond donors (Lipinski definition) is 2. The highest BCUT2D eigenvalue weighted by molar-refractivity contribution is 5.18. The molecule has 0 heterocycles. The molecule has 84 valence electrons. The van der Waals surface area contributed by atoms with Crippen molar-refractivity contribution in [3.8, 4) is 0 Å².